The highest BCUT2D eigenvalue weighted by atomic mass is 16.5. The Balaban J connectivity index is 1.36. The quantitative estimate of drug-likeness (QED) is 0.319. The molecule has 0 heterocycles. The second kappa shape index (κ2) is 10.6. The monoisotopic (exact) mass is 548 g/mol. The molecule has 3 heteroatoms. The van der Waals surface area contributed by atoms with E-state index in [0.717, 1.165) is 30.6 Å². The molecule has 4 saturated carbocycles. The Bertz CT molecular complexity index is 1090. The molecule has 222 valence electrons. The summed E-state index contributed by atoms with van der Waals surface area (Å²) in [5.41, 5.74) is 0.840. The van der Waals surface area contributed by atoms with Gasteiger partial charge >= 0.3 is 5.97 Å². The number of esters is 1. The van der Waals surface area contributed by atoms with E-state index >= 15 is 0 Å². The number of hydrogen-bond donors (Lipinski definition) is 0. The fourth-order valence-electron chi connectivity index (χ4n) is 11.1. The van der Waals surface area contributed by atoms with Crippen LogP contribution in [0.4, 0.5) is 0 Å². The molecule has 1 aromatic carbocycles. The summed E-state index contributed by atoms with van der Waals surface area (Å²) in [4.78, 5) is 27.4. The molecule has 1 aromatic rings. The predicted molar refractivity (Wildman–Crippen MR) is 163 cm³/mol. The average molecular weight is 549 g/mol. The zero-order chi connectivity index (χ0) is 29.1. The van der Waals surface area contributed by atoms with Gasteiger partial charge in [0.1, 0.15) is 11.9 Å². The largest absolute Gasteiger partial charge is 0.458 e. The first-order valence-electron chi connectivity index (χ1n) is 16.5. The average Bonchev–Trinajstić information content (AvgIpc) is 3.18. The lowest BCUT2D eigenvalue weighted by Gasteiger charge is -2.66. The van der Waals surface area contributed by atoms with E-state index in [-0.39, 0.29) is 45.6 Å². The topological polar surface area (TPSA) is 43.4 Å². The molecule has 0 radical (unpaired) electrons. The van der Waals surface area contributed by atoms with E-state index in [2.05, 4.69) is 55.4 Å². The molecule has 0 spiro atoms. The Hall–Kier alpha value is -1.64. The van der Waals surface area contributed by atoms with Crippen molar-refractivity contribution >= 4 is 11.8 Å². The molecular formula is C37H56O3. The first kappa shape index (κ1) is 29.8. The van der Waals surface area contributed by atoms with Crippen molar-refractivity contribution in [3.63, 3.8) is 0 Å². The zero-order valence-corrected chi connectivity index (χ0v) is 26.7. The molecule has 0 aliphatic heterocycles. The number of carbonyl (C=O) groups excluding carboxylic acids is 2. The van der Waals surface area contributed by atoms with Crippen LogP contribution in [-0.4, -0.2) is 17.9 Å². The van der Waals surface area contributed by atoms with Gasteiger partial charge in [-0.05, 0) is 96.5 Å². The van der Waals surface area contributed by atoms with Crippen LogP contribution in [0.2, 0.25) is 0 Å². The number of hydrogen-bond acceptors (Lipinski definition) is 3. The summed E-state index contributed by atoms with van der Waals surface area (Å²) in [6.45, 7) is 19.3. The van der Waals surface area contributed by atoms with Crippen LogP contribution in [-0.2, 0) is 9.53 Å². The SMILES string of the molecule is CC(C)CCC[C@@H](C)[C@H]1CC[C@@]2(C)C3C(=O)C[C@H]4C(C)(C)C(OC(=O)c5ccccc5)CC[C@]4(C)C3CC[C@]12C. The smallest absolute Gasteiger partial charge is 0.338 e. The number of ketones is 1. The first-order chi connectivity index (χ1) is 18.8. The number of ether oxygens (including phenoxy) is 1. The van der Waals surface area contributed by atoms with E-state index in [4.69, 9.17) is 4.74 Å². The summed E-state index contributed by atoms with van der Waals surface area (Å²) in [6.07, 6.45) is 11.3. The minimum Gasteiger partial charge on any atom is -0.458 e. The molecule has 9 atom stereocenters. The van der Waals surface area contributed by atoms with Crippen molar-refractivity contribution in [3.05, 3.63) is 35.9 Å². The van der Waals surface area contributed by atoms with Crippen molar-refractivity contribution in [1.82, 2.24) is 0 Å². The molecule has 3 nitrogen and oxygen atoms in total. The minimum absolute atomic E-state index is 0.0960. The standard InChI is InChI=1S/C37H56O3/c1-24(2)13-12-14-25(3)27-17-22-37(8)32-28(18-21-36(27,37)7)35(6)20-19-31(34(4,5)30(35)23-29(32)38)40-33(39)26-15-10-9-11-16-26/h9-11,15-16,24-25,27-28,30-32H,12-14,17-23H2,1-8H3/t25-,27-,28?,30+,31?,32?,35-,36-,37+/m1/s1. The van der Waals surface area contributed by atoms with Gasteiger partial charge in [0.05, 0.1) is 5.56 Å². The van der Waals surface area contributed by atoms with Crippen LogP contribution < -0.4 is 0 Å². The van der Waals surface area contributed by atoms with E-state index < -0.39 is 0 Å². The van der Waals surface area contributed by atoms with Crippen molar-refractivity contribution in [1.29, 1.82) is 0 Å². The Morgan fingerprint density at radius 3 is 2.25 bits per heavy atom. The summed E-state index contributed by atoms with van der Waals surface area (Å²) in [7, 11) is 0. The third-order valence-corrected chi connectivity index (χ3v) is 13.6. The van der Waals surface area contributed by atoms with Crippen LogP contribution in [0.15, 0.2) is 30.3 Å². The summed E-state index contributed by atoms with van der Waals surface area (Å²) < 4.78 is 6.20. The van der Waals surface area contributed by atoms with Gasteiger partial charge in [-0.25, -0.2) is 4.79 Å². The van der Waals surface area contributed by atoms with E-state index in [0.29, 0.717) is 23.7 Å². The third kappa shape index (κ3) is 4.60. The molecule has 0 saturated heterocycles. The van der Waals surface area contributed by atoms with Gasteiger partial charge in [0, 0.05) is 17.8 Å². The Kier molecular flexibility index (Phi) is 7.88. The predicted octanol–water partition coefficient (Wildman–Crippen LogP) is 9.54. The Morgan fingerprint density at radius 1 is 0.900 bits per heavy atom. The van der Waals surface area contributed by atoms with E-state index in [1.807, 2.05) is 30.3 Å². The molecule has 4 aliphatic carbocycles. The zero-order valence-electron chi connectivity index (χ0n) is 26.7. The second-order valence-electron chi connectivity index (χ2n) is 16.3. The lowest BCUT2D eigenvalue weighted by atomic mass is 9.37. The highest BCUT2D eigenvalue weighted by Gasteiger charge is 2.70. The lowest BCUT2D eigenvalue weighted by molar-refractivity contribution is -0.200. The molecule has 0 amide bonds. The number of carbonyl (C=O) groups is 2. The third-order valence-electron chi connectivity index (χ3n) is 13.6. The minimum atomic E-state index is -0.234. The molecule has 0 bridgehead atoms. The van der Waals surface area contributed by atoms with Crippen LogP contribution in [0.1, 0.15) is 130 Å². The fourth-order valence-corrected chi connectivity index (χ4v) is 11.1. The number of rotatable bonds is 7. The fraction of sp³-hybridized carbons (Fsp3) is 0.784. The summed E-state index contributed by atoms with van der Waals surface area (Å²) in [5.74, 6) is 3.39. The normalized spacial score (nSPS) is 41.1. The second-order valence-corrected chi connectivity index (χ2v) is 16.3. The molecule has 4 fully saturated rings. The van der Waals surface area contributed by atoms with Gasteiger partial charge in [0.2, 0.25) is 0 Å². The maximum absolute atomic E-state index is 14.4. The van der Waals surface area contributed by atoms with Crippen LogP contribution in [0.5, 0.6) is 0 Å². The number of fused-ring (bicyclic) bond motifs is 5. The van der Waals surface area contributed by atoms with Gasteiger partial charge < -0.3 is 4.74 Å². The van der Waals surface area contributed by atoms with E-state index in [1.54, 1.807) is 0 Å². The number of benzene rings is 1. The molecule has 5 rings (SSSR count). The first-order valence-corrected chi connectivity index (χ1v) is 16.5. The van der Waals surface area contributed by atoms with Gasteiger partial charge in [-0.3, -0.25) is 4.79 Å². The van der Waals surface area contributed by atoms with Gasteiger partial charge in [-0.15, -0.1) is 0 Å². The highest BCUT2D eigenvalue weighted by molar-refractivity contribution is 5.89. The van der Waals surface area contributed by atoms with Gasteiger partial charge in [0.15, 0.2) is 0 Å². The molecule has 40 heavy (non-hydrogen) atoms. The lowest BCUT2D eigenvalue weighted by Crippen LogP contribution is -2.64. The van der Waals surface area contributed by atoms with Crippen LogP contribution in [0.25, 0.3) is 0 Å². The molecule has 4 aliphatic rings. The van der Waals surface area contributed by atoms with Crippen molar-refractivity contribution in [2.75, 3.05) is 0 Å². The van der Waals surface area contributed by atoms with E-state index in [1.165, 1.54) is 44.9 Å². The van der Waals surface area contributed by atoms with Crippen molar-refractivity contribution in [2.45, 2.75) is 126 Å². The van der Waals surface area contributed by atoms with Gasteiger partial charge in [-0.2, -0.15) is 0 Å². The van der Waals surface area contributed by atoms with E-state index in [9.17, 15) is 9.59 Å². The molecule has 0 aromatic heterocycles. The van der Waals surface area contributed by atoms with Crippen molar-refractivity contribution in [2.24, 2.45) is 57.2 Å². The number of Topliss-reactive ketones (excluding diaryl/α,β-unsaturated/α-hetero) is 1. The maximum atomic E-state index is 14.4. The van der Waals surface area contributed by atoms with Crippen molar-refractivity contribution in [3.8, 4) is 0 Å². The molecular weight excluding hydrogens is 492 g/mol. The van der Waals surface area contributed by atoms with Gasteiger partial charge in [0.25, 0.3) is 0 Å². The molecule has 3 unspecified atom stereocenters. The van der Waals surface area contributed by atoms with Crippen LogP contribution >= 0.6 is 0 Å². The van der Waals surface area contributed by atoms with Gasteiger partial charge in [-0.1, -0.05) is 92.9 Å². The van der Waals surface area contributed by atoms with Crippen molar-refractivity contribution < 1.29 is 14.3 Å². The Labute approximate surface area is 244 Å². The maximum Gasteiger partial charge on any atom is 0.338 e. The summed E-state index contributed by atoms with van der Waals surface area (Å²) in [5, 5.41) is 0. The summed E-state index contributed by atoms with van der Waals surface area (Å²) in [6, 6.07) is 9.36. The highest BCUT2D eigenvalue weighted by Crippen LogP contribution is 2.74. The molecule has 0 N–H and O–H groups in total. The van der Waals surface area contributed by atoms with Crippen LogP contribution in [0, 0.1) is 57.2 Å². The van der Waals surface area contributed by atoms with Crippen LogP contribution in [0.3, 0.4) is 0 Å². The summed E-state index contributed by atoms with van der Waals surface area (Å²) >= 11 is 0. The Morgan fingerprint density at radius 2 is 1.57 bits per heavy atom.